The van der Waals surface area contributed by atoms with Gasteiger partial charge in [0.15, 0.2) is 0 Å². The number of hydrogen-bond acceptors (Lipinski definition) is 2. The monoisotopic (exact) mass is 238 g/mol. The van der Waals surface area contributed by atoms with E-state index in [1.54, 1.807) is 11.0 Å². The Kier molecular flexibility index (Phi) is 5.19. The van der Waals surface area contributed by atoms with Crippen molar-refractivity contribution < 1.29 is 9.59 Å². The molecule has 2 unspecified atom stereocenters. The van der Waals surface area contributed by atoms with Crippen molar-refractivity contribution in [3.05, 3.63) is 12.7 Å². The third-order valence-corrected chi connectivity index (χ3v) is 3.32. The molecule has 2 amide bonds. The maximum absolute atomic E-state index is 12.3. The minimum atomic E-state index is -0.361. The summed E-state index contributed by atoms with van der Waals surface area (Å²) in [5, 5.41) is 2.83. The number of rotatable bonds is 5. The Morgan fingerprint density at radius 1 is 1.59 bits per heavy atom. The summed E-state index contributed by atoms with van der Waals surface area (Å²) >= 11 is 0. The summed E-state index contributed by atoms with van der Waals surface area (Å²) < 4.78 is 0. The quantitative estimate of drug-likeness (QED) is 0.734. The molecule has 0 radical (unpaired) electrons. The van der Waals surface area contributed by atoms with Crippen LogP contribution < -0.4 is 5.32 Å². The van der Waals surface area contributed by atoms with Crippen LogP contribution in [0.2, 0.25) is 0 Å². The van der Waals surface area contributed by atoms with E-state index in [0.29, 0.717) is 19.5 Å². The van der Waals surface area contributed by atoms with Crippen molar-refractivity contribution in [2.24, 2.45) is 5.92 Å². The van der Waals surface area contributed by atoms with Crippen LogP contribution in [0.5, 0.6) is 0 Å². The van der Waals surface area contributed by atoms with Crippen molar-refractivity contribution >= 4 is 11.8 Å². The van der Waals surface area contributed by atoms with Gasteiger partial charge in [0, 0.05) is 19.5 Å². The number of carbonyl (C=O) groups is 2. The van der Waals surface area contributed by atoms with Crippen LogP contribution >= 0.6 is 0 Å². The van der Waals surface area contributed by atoms with Crippen LogP contribution in [0.15, 0.2) is 12.7 Å². The average molecular weight is 238 g/mol. The molecule has 1 N–H and O–H groups in total. The summed E-state index contributed by atoms with van der Waals surface area (Å²) in [4.78, 5) is 25.6. The Labute approximate surface area is 103 Å². The van der Waals surface area contributed by atoms with E-state index in [4.69, 9.17) is 0 Å². The van der Waals surface area contributed by atoms with Crippen LogP contribution in [0, 0.1) is 5.92 Å². The SMILES string of the molecule is C=CCCN1CCC(=O)NC(C(C)CC)C1=O. The van der Waals surface area contributed by atoms with Crippen molar-refractivity contribution in [2.45, 2.75) is 39.2 Å². The maximum Gasteiger partial charge on any atom is 0.245 e. The smallest absolute Gasteiger partial charge is 0.245 e. The van der Waals surface area contributed by atoms with E-state index >= 15 is 0 Å². The van der Waals surface area contributed by atoms with Crippen LogP contribution in [0.1, 0.15) is 33.1 Å². The van der Waals surface area contributed by atoms with Crippen LogP contribution in [-0.4, -0.2) is 35.8 Å². The predicted octanol–water partition coefficient (Wildman–Crippen LogP) is 1.33. The molecule has 17 heavy (non-hydrogen) atoms. The molecule has 1 aliphatic heterocycles. The highest BCUT2D eigenvalue weighted by Gasteiger charge is 2.32. The molecule has 1 saturated heterocycles. The molecule has 1 rings (SSSR count). The number of hydrogen-bond donors (Lipinski definition) is 1. The van der Waals surface area contributed by atoms with E-state index in [2.05, 4.69) is 11.9 Å². The molecule has 0 spiro atoms. The summed E-state index contributed by atoms with van der Waals surface area (Å²) in [6, 6.07) is -0.361. The van der Waals surface area contributed by atoms with Crippen LogP contribution in [0.3, 0.4) is 0 Å². The van der Waals surface area contributed by atoms with Crippen LogP contribution in [0.4, 0.5) is 0 Å². The van der Waals surface area contributed by atoms with E-state index in [0.717, 1.165) is 12.8 Å². The van der Waals surface area contributed by atoms with Gasteiger partial charge in [0.25, 0.3) is 0 Å². The molecular weight excluding hydrogens is 216 g/mol. The van der Waals surface area contributed by atoms with Crippen LogP contribution in [0.25, 0.3) is 0 Å². The maximum atomic E-state index is 12.3. The highest BCUT2D eigenvalue weighted by molar-refractivity contribution is 5.90. The molecule has 96 valence electrons. The molecule has 1 aliphatic rings. The van der Waals surface area contributed by atoms with E-state index in [-0.39, 0.29) is 23.8 Å². The third-order valence-electron chi connectivity index (χ3n) is 3.32. The zero-order valence-corrected chi connectivity index (χ0v) is 10.7. The number of carbonyl (C=O) groups excluding carboxylic acids is 2. The Balaban J connectivity index is 2.77. The van der Waals surface area contributed by atoms with Crippen molar-refractivity contribution in [3.8, 4) is 0 Å². The molecule has 1 fully saturated rings. The first-order valence-corrected chi connectivity index (χ1v) is 6.29. The molecular formula is C13H22N2O2. The normalized spacial score (nSPS) is 22.9. The van der Waals surface area contributed by atoms with Gasteiger partial charge in [0.1, 0.15) is 6.04 Å². The van der Waals surface area contributed by atoms with Crippen molar-refractivity contribution in [1.29, 1.82) is 0 Å². The first-order valence-electron chi connectivity index (χ1n) is 6.29. The van der Waals surface area contributed by atoms with Crippen molar-refractivity contribution in [1.82, 2.24) is 10.2 Å². The lowest BCUT2D eigenvalue weighted by Crippen LogP contribution is -2.48. The zero-order chi connectivity index (χ0) is 12.8. The summed E-state index contributed by atoms with van der Waals surface area (Å²) in [6.45, 7) is 8.87. The molecule has 0 aromatic rings. The Morgan fingerprint density at radius 2 is 2.29 bits per heavy atom. The second kappa shape index (κ2) is 6.42. The van der Waals surface area contributed by atoms with Crippen molar-refractivity contribution in [2.75, 3.05) is 13.1 Å². The zero-order valence-electron chi connectivity index (χ0n) is 10.7. The van der Waals surface area contributed by atoms with Gasteiger partial charge in [-0.15, -0.1) is 6.58 Å². The molecule has 1 heterocycles. The minimum absolute atomic E-state index is 0.0234. The Morgan fingerprint density at radius 3 is 2.88 bits per heavy atom. The predicted molar refractivity (Wildman–Crippen MR) is 67.4 cm³/mol. The number of amides is 2. The van der Waals surface area contributed by atoms with E-state index in [1.807, 2.05) is 13.8 Å². The lowest BCUT2D eigenvalue weighted by molar-refractivity contribution is -0.134. The molecule has 4 nitrogen and oxygen atoms in total. The molecule has 2 atom stereocenters. The van der Waals surface area contributed by atoms with Crippen molar-refractivity contribution in [3.63, 3.8) is 0 Å². The highest BCUT2D eigenvalue weighted by Crippen LogP contribution is 2.14. The number of nitrogens with zero attached hydrogens (tertiary/aromatic N) is 1. The minimum Gasteiger partial charge on any atom is -0.344 e. The Bertz CT molecular complexity index is 302. The topological polar surface area (TPSA) is 49.4 Å². The Hall–Kier alpha value is -1.32. The van der Waals surface area contributed by atoms with Gasteiger partial charge in [-0.05, 0) is 12.3 Å². The second-order valence-electron chi connectivity index (χ2n) is 4.58. The molecule has 0 bridgehead atoms. The fourth-order valence-electron chi connectivity index (χ4n) is 1.94. The average Bonchev–Trinajstić information content (AvgIpc) is 2.47. The molecule has 0 aromatic carbocycles. The second-order valence-corrected chi connectivity index (χ2v) is 4.58. The summed E-state index contributed by atoms with van der Waals surface area (Å²) in [6.07, 6.45) is 3.85. The van der Waals surface area contributed by atoms with Crippen LogP contribution in [-0.2, 0) is 9.59 Å². The van der Waals surface area contributed by atoms with Gasteiger partial charge < -0.3 is 10.2 Å². The highest BCUT2D eigenvalue weighted by atomic mass is 16.2. The van der Waals surface area contributed by atoms with E-state index in [9.17, 15) is 9.59 Å². The summed E-state index contributed by atoms with van der Waals surface area (Å²) in [7, 11) is 0. The fraction of sp³-hybridized carbons (Fsp3) is 0.692. The third kappa shape index (κ3) is 3.58. The van der Waals surface area contributed by atoms with Gasteiger partial charge in [0.2, 0.25) is 11.8 Å². The van der Waals surface area contributed by atoms with Gasteiger partial charge in [-0.2, -0.15) is 0 Å². The van der Waals surface area contributed by atoms with E-state index in [1.165, 1.54) is 0 Å². The summed E-state index contributed by atoms with van der Waals surface area (Å²) in [5.41, 5.74) is 0. The lowest BCUT2D eigenvalue weighted by atomic mass is 9.98. The molecule has 4 heteroatoms. The van der Waals surface area contributed by atoms with Gasteiger partial charge in [-0.1, -0.05) is 26.3 Å². The summed E-state index contributed by atoms with van der Waals surface area (Å²) in [5.74, 6) is 0.201. The standard InChI is InChI=1S/C13H22N2O2/c1-4-6-8-15-9-7-11(16)14-12(13(15)17)10(3)5-2/h4,10,12H,1,5-9H2,2-3H3,(H,14,16). The number of nitrogens with one attached hydrogen (secondary N) is 1. The van der Waals surface area contributed by atoms with Gasteiger partial charge in [-0.3, -0.25) is 9.59 Å². The largest absolute Gasteiger partial charge is 0.344 e. The molecule has 0 aromatic heterocycles. The van der Waals surface area contributed by atoms with Gasteiger partial charge in [-0.25, -0.2) is 0 Å². The fourth-order valence-corrected chi connectivity index (χ4v) is 1.94. The molecule has 0 aliphatic carbocycles. The van der Waals surface area contributed by atoms with Gasteiger partial charge >= 0.3 is 0 Å². The first kappa shape index (κ1) is 13.7. The lowest BCUT2D eigenvalue weighted by Gasteiger charge is -2.26. The molecule has 0 saturated carbocycles. The first-order chi connectivity index (χ1) is 8.10. The van der Waals surface area contributed by atoms with E-state index < -0.39 is 0 Å². The van der Waals surface area contributed by atoms with Gasteiger partial charge in [0.05, 0.1) is 0 Å².